The van der Waals surface area contributed by atoms with Crippen molar-refractivity contribution in [2.45, 2.75) is 63.6 Å². The lowest BCUT2D eigenvalue weighted by Crippen LogP contribution is -2.54. The Morgan fingerprint density at radius 1 is 0.879 bits per heavy atom. The van der Waals surface area contributed by atoms with E-state index in [-0.39, 0.29) is 24.3 Å². The first-order chi connectivity index (χ1) is 28.0. The van der Waals surface area contributed by atoms with E-state index in [0.717, 1.165) is 96.3 Å². The van der Waals surface area contributed by atoms with Crippen molar-refractivity contribution < 1.29 is 28.7 Å². The summed E-state index contributed by atoms with van der Waals surface area (Å²) in [6.07, 6.45) is 11.1. The number of benzene rings is 2. The summed E-state index contributed by atoms with van der Waals surface area (Å²) < 4.78 is 13.4. The van der Waals surface area contributed by atoms with Crippen LogP contribution < -0.4 is 25.7 Å². The molecule has 2 N–H and O–H groups in total. The van der Waals surface area contributed by atoms with Crippen molar-refractivity contribution >= 4 is 40.1 Å². The Labute approximate surface area is 336 Å². The Morgan fingerprint density at radius 3 is 2.31 bits per heavy atom. The Kier molecular flexibility index (Phi) is 9.79. The maximum absolute atomic E-state index is 13.3. The van der Waals surface area contributed by atoms with Gasteiger partial charge in [0, 0.05) is 69.0 Å². The number of fused-ring (bicyclic) bond motifs is 2. The number of nitrogens with zero attached hydrogens (tertiary/aromatic N) is 5. The second-order valence-electron chi connectivity index (χ2n) is 16.9. The van der Waals surface area contributed by atoms with E-state index in [1.165, 1.54) is 19.3 Å². The number of likely N-dealkylation sites (tertiary alicyclic amines) is 2. The standard InChI is InChI=1S/C44H49N7O7/c1-48-24-34(30-8-12-45-21-33(30)41(48)54)27-16-37(57-2)35(38(17-27)58-3)25-50-22-26(23-50)9-13-49-14-10-44(11-15-49)19-29(20-44)46-28-4-5-31-32(18-28)43(56)51(42(31)55)36-6-7-39(52)47-40(36)53/h4-5,8,12,16-18,21,24,26,29,36,46H,6-7,9-11,13-15,19-20,22-23,25H2,1-3H3,(H,47,52,53). The van der Waals surface area contributed by atoms with Crippen molar-refractivity contribution in [3.05, 3.63) is 82.0 Å². The quantitative estimate of drug-likeness (QED) is 0.210. The number of anilines is 1. The predicted molar refractivity (Wildman–Crippen MR) is 217 cm³/mol. The molecule has 0 bridgehead atoms. The van der Waals surface area contributed by atoms with Crippen LogP contribution >= 0.6 is 0 Å². The summed E-state index contributed by atoms with van der Waals surface area (Å²) in [5.41, 5.74) is 4.52. The van der Waals surface area contributed by atoms with Crippen molar-refractivity contribution in [2.75, 3.05) is 52.3 Å². The highest BCUT2D eigenvalue weighted by molar-refractivity contribution is 6.23. The first kappa shape index (κ1) is 37.9. The van der Waals surface area contributed by atoms with E-state index < -0.39 is 23.8 Å². The Balaban J connectivity index is 0.736. The molecule has 14 heteroatoms. The number of aromatic nitrogens is 2. The van der Waals surface area contributed by atoms with Crippen LogP contribution in [-0.4, -0.2) is 107 Å². The van der Waals surface area contributed by atoms with Crippen molar-refractivity contribution in [1.82, 2.24) is 29.6 Å². The maximum Gasteiger partial charge on any atom is 0.262 e. The van der Waals surface area contributed by atoms with Crippen LogP contribution in [0, 0.1) is 11.3 Å². The lowest BCUT2D eigenvalue weighted by Gasteiger charge is -2.53. The average Bonchev–Trinajstić information content (AvgIpc) is 3.44. The van der Waals surface area contributed by atoms with Gasteiger partial charge in [-0.05, 0) is 117 Å². The highest BCUT2D eigenvalue weighted by Crippen LogP contribution is 2.50. The Morgan fingerprint density at radius 2 is 1.60 bits per heavy atom. The van der Waals surface area contributed by atoms with Gasteiger partial charge in [-0.25, -0.2) is 0 Å². The molecule has 1 spiro atoms. The molecule has 9 rings (SSSR count). The molecular formula is C44H49N7O7. The zero-order valence-corrected chi connectivity index (χ0v) is 33.2. The number of rotatable bonds is 11. The van der Waals surface area contributed by atoms with Crippen LogP contribution in [0.2, 0.25) is 0 Å². The van der Waals surface area contributed by atoms with Gasteiger partial charge in [0.1, 0.15) is 17.5 Å². The lowest BCUT2D eigenvalue weighted by atomic mass is 9.60. The van der Waals surface area contributed by atoms with Crippen LogP contribution in [0.1, 0.15) is 71.2 Å². The van der Waals surface area contributed by atoms with Crippen molar-refractivity contribution in [3.8, 4) is 22.6 Å². The van der Waals surface area contributed by atoms with Crippen LogP contribution in [-0.2, 0) is 23.2 Å². The van der Waals surface area contributed by atoms with Gasteiger partial charge in [0.05, 0.1) is 36.3 Å². The van der Waals surface area contributed by atoms with Crippen LogP contribution in [0.15, 0.2) is 59.8 Å². The van der Waals surface area contributed by atoms with Crippen molar-refractivity contribution in [3.63, 3.8) is 0 Å². The fourth-order valence-electron chi connectivity index (χ4n) is 9.96. The molecular weight excluding hydrogens is 739 g/mol. The topological polar surface area (TPSA) is 155 Å². The minimum atomic E-state index is -0.965. The number of piperidine rings is 2. The van der Waals surface area contributed by atoms with Gasteiger partial charge in [0.15, 0.2) is 0 Å². The summed E-state index contributed by atoms with van der Waals surface area (Å²) in [5, 5.41) is 7.25. The molecule has 4 amide bonds. The molecule has 6 heterocycles. The Hall–Kier alpha value is -5.60. The van der Waals surface area contributed by atoms with E-state index in [4.69, 9.17) is 9.47 Å². The van der Waals surface area contributed by atoms with Crippen LogP contribution in [0.3, 0.4) is 0 Å². The molecule has 0 radical (unpaired) electrons. The molecule has 3 saturated heterocycles. The Bertz CT molecular complexity index is 2360. The van der Waals surface area contributed by atoms with Crippen LogP contribution in [0.25, 0.3) is 21.9 Å². The van der Waals surface area contributed by atoms with Crippen molar-refractivity contribution in [1.29, 1.82) is 0 Å². The second-order valence-corrected chi connectivity index (χ2v) is 16.9. The predicted octanol–water partition coefficient (Wildman–Crippen LogP) is 4.20. The van der Waals surface area contributed by atoms with Crippen molar-refractivity contribution in [2.24, 2.45) is 18.4 Å². The number of carbonyl (C=O) groups excluding carboxylic acids is 4. The van der Waals surface area contributed by atoms with E-state index >= 15 is 0 Å². The van der Waals surface area contributed by atoms with E-state index in [9.17, 15) is 24.0 Å². The van der Waals surface area contributed by atoms with Gasteiger partial charge in [-0.1, -0.05) is 0 Å². The molecule has 2 aromatic carbocycles. The summed E-state index contributed by atoms with van der Waals surface area (Å²) >= 11 is 0. The SMILES string of the molecule is COc1cc(-c2cn(C)c(=O)c3cnccc23)cc(OC)c1CN1CC(CCN2CCC3(CC2)CC(Nc2ccc4c(c2)C(=O)N(C2CCC(=O)NC2=O)C4=O)C3)C1. The zero-order chi connectivity index (χ0) is 40.3. The van der Waals surface area contributed by atoms with Gasteiger partial charge in [-0.3, -0.25) is 44.1 Å². The molecule has 58 heavy (non-hydrogen) atoms. The number of carbonyl (C=O) groups is 4. The van der Waals surface area contributed by atoms with Gasteiger partial charge < -0.3 is 24.3 Å². The third-order valence-electron chi connectivity index (χ3n) is 13.3. The number of hydrogen-bond acceptors (Lipinski definition) is 11. The molecule has 302 valence electrons. The molecule has 1 saturated carbocycles. The minimum Gasteiger partial charge on any atom is -0.496 e. The molecule has 1 aliphatic carbocycles. The van der Waals surface area contributed by atoms with Crippen LogP contribution in [0.4, 0.5) is 5.69 Å². The number of imide groups is 2. The molecule has 14 nitrogen and oxygen atoms in total. The number of methoxy groups -OCH3 is 2. The number of nitrogens with one attached hydrogen (secondary N) is 2. The molecule has 5 aliphatic rings. The molecule has 2 aromatic heterocycles. The van der Waals surface area contributed by atoms with E-state index in [1.54, 1.807) is 50.4 Å². The van der Waals surface area contributed by atoms with E-state index in [0.29, 0.717) is 33.9 Å². The van der Waals surface area contributed by atoms with E-state index in [1.807, 2.05) is 30.5 Å². The number of pyridine rings is 2. The minimum absolute atomic E-state index is 0.0844. The molecule has 1 atom stereocenters. The van der Waals surface area contributed by atoms with Gasteiger partial charge in [-0.2, -0.15) is 0 Å². The molecule has 1 unspecified atom stereocenters. The zero-order valence-electron chi connectivity index (χ0n) is 33.2. The summed E-state index contributed by atoms with van der Waals surface area (Å²) in [6, 6.07) is 10.5. The fraction of sp³-hybridized carbons (Fsp3) is 0.455. The summed E-state index contributed by atoms with van der Waals surface area (Å²) in [6.45, 7) is 6.14. The largest absolute Gasteiger partial charge is 0.496 e. The average molecular weight is 788 g/mol. The lowest BCUT2D eigenvalue weighted by molar-refractivity contribution is -0.136. The monoisotopic (exact) mass is 787 g/mol. The third kappa shape index (κ3) is 6.81. The van der Waals surface area contributed by atoms with E-state index in [2.05, 4.69) is 25.4 Å². The van der Waals surface area contributed by atoms with Gasteiger partial charge in [-0.15, -0.1) is 0 Å². The first-order valence-electron chi connectivity index (χ1n) is 20.3. The second kappa shape index (κ2) is 15.0. The number of aryl methyl sites for hydroxylation is 1. The first-order valence-corrected chi connectivity index (χ1v) is 20.3. The summed E-state index contributed by atoms with van der Waals surface area (Å²) in [4.78, 5) is 73.4. The summed E-state index contributed by atoms with van der Waals surface area (Å²) in [5.74, 6) is 0.228. The third-order valence-corrected chi connectivity index (χ3v) is 13.3. The molecule has 4 fully saturated rings. The van der Waals surface area contributed by atoms with Crippen LogP contribution in [0.5, 0.6) is 11.5 Å². The molecule has 4 aromatic rings. The normalized spacial score (nSPS) is 21.2. The number of amides is 4. The van der Waals surface area contributed by atoms with Gasteiger partial charge in [0.25, 0.3) is 17.4 Å². The maximum atomic E-state index is 13.3. The smallest absolute Gasteiger partial charge is 0.262 e. The highest BCUT2D eigenvalue weighted by Gasteiger charge is 2.47. The number of hydrogen-bond donors (Lipinski definition) is 2. The fourth-order valence-corrected chi connectivity index (χ4v) is 9.96. The summed E-state index contributed by atoms with van der Waals surface area (Å²) in [7, 11) is 5.13. The number of ether oxygens (including phenoxy) is 2. The van der Waals surface area contributed by atoms with Gasteiger partial charge >= 0.3 is 0 Å². The molecule has 4 aliphatic heterocycles. The van der Waals surface area contributed by atoms with Gasteiger partial charge in [0.2, 0.25) is 11.8 Å². The highest BCUT2D eigenvalue weighted by atomic mass is 16.5.